The molecule has 4 aliphatic heterocycles. The first-order chi connectivity index (χ1) is 20.9. The Morgan fingerprint density at radius 2 is 1.86 bits per heavy atom. The first kappa shape index (κ1) is 26.6. The number of piperazine rings is 1. The topological polar surface area (TPSA) is 86.6 Å². The molecule has 0 radical (unpaired) electrons. The molecular weight excluding hydrogens is 543 g/mol. The Hall–Kier alpha value is -4.00. The largest absolute Gasteiger partial charge is 0.508 e. The monoisotopic (exact) mass is 578 g/mol. The smallest absolute Gasteiger partial charge is 0.319 e. The maximum atomic E-state index is 14.9. The van der Waals surface area contributed by atoms with Gasteiger partial charge in [-0.25, -0.2) is 4.39 Å². The molecule has 2 aromatic carbocycles. The van der Waals surface area contributed by atoms with Gasteiger partial charge in [-0.3, -0.25) is 9.88 Å². The SMILES string of the molecule is C#Cc1c(F)ccc2cc(O)cc(-c3cnc4c(N5CC6CC[C@@H](C5)N6)nc(OCC56CCCN5CCC6)nc4c3C)c12. The number of hydrogen-bond acceptors (Lipinski definition) is 8. The van der Waals surface area contributed by atoms with E-state index in [0.717, 1.165) is 68.8 Å². The lowest BCUT2D eigenvalue weighted by Crippen LogP contribution is -2.51. The summed E-state index contributed by atoms with van der Waals surface area (Å²) in [7, 11) is 0. The first-order valence-electron chi connectivity index (χ1n) is 15.4. The van der Waals surface area contributed by atoms with E-state index in [4.69, 9.17) is 26.1 Å². The standard InChI is InChI=1S/C34H35FN6O2/c1-3-25-28(35)9-6-21-14-24(42)15-26(29(21)25)27-16-36-31-30(20(27)2)38-33(43-19-34-10-4-12-41(34)13-5-11-34)39-32(31)40-17-22-7-8-23(18-40)37-22/h1,6,9,14-16,22-23,37,42H,4-5,7-8,10-13,17-19H2,2H3/t22-,23?/m0/s1. The Balaban J connectivity index is 1.28. The van der Waals surface area contributed by atoms with Crippen LogP contribution in [-0.4, -0.2) is 75.4 Å². The fourth-order valence-corrected chi connectivity index (χ4v) is 8.12. The zero-order valence-corrected chi connectivity index (χ0v) is 24.4. The van der Waals surface area contributed by atoms with Gasteiger partial charge in [-0.1, -0.05) is 12.0 Å². The molecular formula is C34H35FN6O2. The van der Waals surface area contributed by atoms with Crippen molar-refractivity contribution in [3.63, 3.8) is 0 Å². The van der Waals surface area contributed by atoms with Crippen LogP contribution in [0.15, 0.2) is 30.5 Å². The number of aromatic hydroxyl groups is 1. The molecule has 4 saturated heterocycles. The lowest BCUT2D eigenvalue weighted by atomic mass is 9.92. The number of ether oxygens (including phenoxy) is 1. The molecule has 2 bridgehead atoms. The highest BCUT2D eigenvalue weighted by atomic mass is 19.1. The zero-order valence-electron chi connectivity index (χ0n) is 24.4. The van der Waals surface area contributed by atoms with Crippen molar-refractivity contribution in [3.05, 3.63) is 47.4 Å². The Labute approximate surface area is 250 Å². The summed E-state index contributed by atoms with van der Waals surface area (Å²) in [6, 6.07) is 7.41. The van der Waals surface area contributed by atoms with Crippen LogP contribution in [0.25, 0.3) is 32.9 Å². The van der Waals surface area contributed by atoms with E-state index >= 15 is 0 Å². The molecule has 4 aliphatic rings. The fraction of sp³-hybridized carbons (Fsp3) is 0.441. The highest BCUT2D eigenvalue weighted by Gasteiger charge is 2.45. The fourth-order valence-electron chi connectivity index (χ4n) is 8.12. The van der Waals surface area contributed by atoms with E-state index in [2.05, 4.69) is 21.0 Å². The quantitative estimate of drug-likeness (QED) is 0.323. The van der Waals surface area contributed by atoms with Crippen LogP contribution in [0.5, 0.6) is 11.8 Å². The lowest BCUT2D eigenvalue weighted by Gasteiger charge is -2.34. The normalized spacial score (nSPS) is 22.8. The van der Waals surface area contributed by atoms with Gasteiger partial charge in [0.2, 0.25) is 0 Å². The summed E-state index contributed by atoms with van der Waals surface area (Å²) < 4.78 is 21.4. The molecule has 8 rings (SSSR count). The molecule has 220 valence electrons. The number of phenolic OH excluding ortho intramolecular Hbond substituents is 1. The Bertz CT molecular complexity index is 1800. The van der Waals surface area contributed by atoms with Crippen molar-refractivity contribution in [2.45, 2.75) is 63.1 Å². The zero-order chi connectivity index (χ0) is 29.3. The molecule has 2 atom stereocenters. The number of pyridine rings is 1. The van der Waals surface area contributed by atoms with Gasteiger partial charge >= 0.3 is 6.01 Å². The summed E-state index contributed by atoms with van der Waals surface area (Å²) in [5.74, 6) is 2.90. The lowest BCUT2D eigenvalue weighted by molar-refractivity contribution is 0.108. The van der Waals surface area contributed by atoms with Crippen LogP contribution in [0.3, 0.4) is 0 Å². The Kier molecular flexibility index (Phi) is 6.21. The van der Waals surface area contributed by atoms with Crippen molar-refractivity contribution in [1.29, 1.82) is 0 Å². The minimum atomic E-state index is -0.478. The maximum Gasteiger partial charge on any atom is 0.319 e. The number of hydrogen-bond donors (Lipinski definition) is 2. The van der Waals surface area contributed by atoms with Gasteiger partial charge < -0.3 is 20.1 Å². The number of aromatic nitrogens is 3. The van der Waals surface area contributed by atoms with Crippen LogP contribution >= 0.6 is 0 Å². The molecule has 43 heavy (non-hydrogen) atoms. The summed E-state index contributed by atoms with van der Waals surface area (Å²) in [6.45, 7) is 6.51. The van der Waals surface area contributed by atoms with Crippen molar-refractivity contribution in [2.24, 2.45) is 0 Å². The van der Waals surface area contributed by atoms with E-state index in [9.17, 15) is 9.50 Å². The van der Waals surface area contributed by atoms with E-state index in [-0.39, 0.29) is 16.9 Å². The van der Waals surface area contributed by atoms with E-state index in [0.29, 0.717) is 52.1 Å². The number of aryl methyl sites for hydroxylation is 1. The maximum absolute atomic E-state index is 14.9. The van der Waals surface area contributed by atoms with E-state index < -0.39 is 5.82 Å². The van der Waals surface area contributed by atoms with Gasteiger partial charge in [-0.05, 0) is 93.3 Å². The molecule has 2 N–H and O–H groups in total. The summed E-state index contributed by atoms with van der Waals surface area (Å²) in [6.07, 6.45) is 14.5. The average Bonchev–Trinajstić information content (AvgIpc) is 3.69. The van der Waals surface area contributed by atoms with Crippen molar-refractivity contribution >= 4 is 27.6 Å². The van der Waals surface area contributed by atoms with Crippen molar-refractivity contribution in [1.82, 2.24) is 25.2 Å². The number of phenols is 1. The minimum Gasteiger partial charge on any atom is -0.508 e. The van der Waals surface area contributed by atoms with E-state index in [1.165, 1.54) is 18.9 Å². The number of benzene rings is 2. The summed E-state index contributed by atoms with van der Waals surface area (Å²) in [5.41, 5.74) is 3.81. The number of nitrogens with zero attached hydrogens (tertiary/aromatic N) is 5. The van der Waals surface area contributed by atoms with Crippen molar-refractivity contribution in [2.75, 3.05) is 37.7 Å². The molecule has 2 aromatic heterocycles. The third kappa shape index (κ3) is 4.30. The number of terminal acetylenes is 1. The van der Waals surface area contributed by atoms with Crippen LogP contribution in [0, 0.1) is 25.1 Å². The number of nitrogens with one attached hydrogen (secondary N) is 1. The second-order valence-corrected chi connectivity index (χ2v) is 12.7. The average molecular weight is 579 g/mol. The van der Waals surface area contributed by atoms with Crippen molar-refractivity contribution in [3.8, 4) is 35.2 Å². The predicted molar refractivity (Wildman–Crippen MR) is 165 cm³/mol. The molecule has 9 heteroatoms. The first-order valence-corrected chi connectivity index (χ1v) is 15.4. The minimum absolute atomic E-state index is 0.0669. The molecule has 4 fully saturated rings. The number of fused-ring (bicyclic) bond motifs is 5. The number of anilines is 1. The second-order valence-electron chi connectivity index (χ2n) is 12.7. The van der Waals surface area contributed by atoms with Gasteiger partial charge in [0, 0.05) is 42.3 Å². The molecule has 0 amide bonds. The van der Waals surface area contributed by atoms with Crippen LogP contribution in [0.4, 0.5) is 10.2 Å². The van der Waals surface area contributed by atoms with Gasteiger partial charge in [-0.15, -0.1) is 6.42 Å². The second kappa shape index (κ2) is 10.0. The van der Waals surface area contributed by atoms with Crippen LogP contribution in [0.2, 0.25) is 0 Å². The number of halogens is 1. The van der Waals surface area contributed by atoms with Crippen LogP contribution in [0.1, 0.15) is 49.7 Å². The molecule has 8 nitrogen and oxygen atoms in total. The summed E-state index contributed by atoms with van der Waals surface area (Å²) >= 11 is 0. The summed E-state index contributed by atoms with van der Waals surface area (Å²) in [5, 5.41) is 15.6. The highest BCUT2D eigenvalue weighted by molar-refractivity contribution is 6.04. The number of rotatable bonds is 5. The van der Waals surface area contributed by atoms with Crippen molar-refractivity contribution < 1.29 is 14.2 Å². The molecule has 0 aliphatic carbocycles. The molecule has 4 aromatic rings. The predicted octanol–water partition coefficient (Wildman–Crippen LogP) is 4.93. The Morgan fingerprint density at radius 3 is 2.60 bits per heavy atom. The third-order valence-electron chi connectivity index (χ3n) is 10.2. The molecule has 0 spiro atoms. The van der Waals surface area contributed by atoms with Gasteiger partial charge in [0.1, 0.15) is 29.2 Å². The van der Waals surface area contributed by atoms with Gasteiger partial charge in [0.05, 0.1) is 11.1 Å². The summed E-state index contributed by atoms with van der Waals surface area (Å²) in [4.78, 5) is 19.8. The van der Waals surface area contributed by atoms with Gasteiger partial charge in [-0.2, -0.15) is 9.97 Å². The Morgan fingerprint density at radius 1 is 1.09 bits per heavy atom. The molecule has 6 heterocycles. The van der Waals surface area contributed by atoms with Crippen LogP contribution in [-0.2, 0) is 0 Å². The van der Waals surface area contributed by atoms with E-state index in [1.807, 2.05) is 6.92 Å². The molecule has 0 saturated carbocycles. The van der Waals surface area contributed by atoms with Gasteiger partial charge in [0.25, 0.3) is 0 Å². The highest BCUT2D eigenvalue weighted by Crippen LogP contribution is 2.41. The molecule has 1 unspecified atom stereocenters. The van der Waals surface area contributed by atoms with Gasteiger partial charge in [0.15, 0.2) is 5.82 Å². The van der Waals surface area contributed by atoms with E-state index in [1.54, 1.807) is 24.4 Å². The van der Waals surface area contributed by atoms with Crippen LogP contribution < -0.4 is 15.0 Å². The third-order valence-corrected chi connectivity index (χ3v) is 10.2.